The number of carboxylic acid groups (broad SMARTS) is 1. The number of benzene rings is 2. The van der Waals surface area contributed by atoms with E-state index in [-0.39, 0.29) is 99.7 Å². The van der Waals surface area contributed by atoms with Crippen molar-refractivity contribution in [2.75, 3.05) is 34.7 Å². The third-order valence-electron chi connectivity index (χ3n) is 15.3. The standard InChI is InChI=1S/C49H60N4O14/c1-20-15-26-37(44-35(20)30(54)18-33(66-44)49(6)46(67-49)43-22(3)65-43)38(27-11-12-28(53(27)62)47(61)50-14-13-34(55)56)39-36(42(26)59)24(31-17-29(51(7)8)40(57)21(2)63-31)16-25(41(39)58)32-19-48(5,52(9)10)45(60)23(4)64-32/h11-12,15-16,18,21-23,29,31-32,38,40,43,45-46,57-58,60,62H,13-14,17,19H2,1-10H3,(H,50,61)(H,55,56)/t21-,22?,23-,29-,31-,32+,38?,40-,43?,45+,46?,48-,49?/m1/s1. The number of fused-ring (bicyclic) bond motifs is 4. The maximum absolute atomic E-state index is 15.7. The molecule has 18 nitrogen and oxygen atoms in total. The van der Waals surface area contributed by atoms with Crippen LogP contribution in [0.25, 0.3) is 11.0 Å². The van der Waals surface area contributed by atoms with Crippen LogP contribution in [0.15, 0.2) is 39.5 Å². The smallest absolute Gasteiger partial charge is 0.305 e. The lowest BCUT2D eigenvalue weighted by atomic mass is 9.70. The van der Waals surface area contributed by atoms with Crippen LogP contribution in [0, 0.1) is 6.92 Å². The lowest BCUT2D eigenvalue weighted by Crippen LogP contribution is -2.59. The van der Waals surface area contributed by atoms with Crippen molar-refractivity contribution in [3.05, 3.63) is 96.6 Å². The molecule has 5 unspecified atom stereocenters. The number of aromatic nitrogens is 1. The van der Waals surface area contributed by atoms with Crippen molar-refractivity contribution in [2.24, 2.45) is 0 Å². The minimum Gasteiger partial charge on any atom is -0.507 e. The molecule has 6 N–H and O–H groups in total. The van der Waals surface area contributed by atoms with Crippen molar-refractivity contribution >= 4 is 28.6 Å². The Hall–Kier alpha value is -5.18. The van der Waals surface area contributed by atoms with Crippen LogP contribution in [0.1, 0.15) is 138 Å². The molecule has 1 aliphatic carbocycles. The SMILES string of the molecule is Cc1cc2c(c3oc(C4(C)OC4C4OC4C)cc(=O)c13)C(c1ccc(C(=O)NCCC(=O)O)n1O)c1c(O)c([C@@H]3C[C@@](C)(N(C)C)[C@@H](O)[C@@H](C)O3)cc([C@H]3C[C@@H](N(C)C)[C@H](O)[C@@H](C)O3)c1C2=O. The van der Waals surface area contributed by atoms with E-state index in [0.29, 0.717) is 15.9 Å². The summed E-state index contributed by atoms with van der Waals surface area (Å²) in [6.07, 6.45) is -5.62. The van der Waals surface area contributed by atoms with E-state index in [0.717, 1.165) is 0 Å². The van der Waals surface area contributed by atoms with E-state index in [1.165, 1.54) is 18.2 Å². The van der Waals surface area contributed by atoms with E-state index in [1.54, 1.807) is 39.8 Å². The van der Waals surface area contributed by atoms with Gasteiger partial charge in [-0.3, -0.25) is 19.2 Å². The zero-order valence-corrected chi connectivity index (χ0v) is 39.3. The lowest BCUT2D eigenvalue weighted by Gasteiger charge is -2.49. The number of carboxylic acids is 1. The van der Waals surface area contributed by atoms with Gasteiger partial charge in [0.15, 0.2) is 16.8 Å². The first-order valence-corrected chi connectivity index (χ1v) is 22.8. The third-order valence-corrected chi connectivity index (χ3v) is 15.3. The monoisotopic (exact) mass is 928 g/mol. The zero-order valence-electron chi connectivity index (χ0n) is 39.3. The van der Waals surface area contributed by atoms with Gasteiger partial charge in [0.1, 0.15) is 35.0 Å². The fourth-order valence-corrected chi connectivity index (χ4v) is 10.9. The molecule has 67 heavy (non-hydrogen) atoms. The number of carbonyl (C=O) groups excluding carboxylic acids is 2. The van der Waals surface area contributed by atoms with E-state index >= 15 is 4.79 Å². The molecule has 360 valence electrons. The van der Waals surface area contributed by atoms with Gasteiger partial charge in [-0.2, -0.15) is 4.73 Å². The Morgan fingerprint density at radius 1 is 0.925 bits per heavy atom. The number of phenolic OH excluding ortho intramolecular Hbond substituents is 1. The van der Waals surface area contributed by atoms with Gasteiger partial charge < -0.3 is 64.1 Å². The highest BCUT2D eigenvalue weighted by Crippen LogP contribution is 2.56. The second-order valence-corrected chi connectivity index (χ2v) is 19.9. The molecule has 2 aromatic heterocycles. The van der Waals surface area contributed by atoms with Gasteiger partial charge in [-0.25, -0.2) is 0 Å². The van der Waals surface area contributed by atoms with Crippen LogP contribution in [0.5, 0.6) is 5.75 Å². The quantitative estimate of drug-likeness (QED) is 0.0813. The van der Waals surface area contributed by atoms with Crippen molar-refractivity contribution < 1.29 is 63.4 Å². The second kappa shape index (κ2) is 16.5. The average molecular weight is 929 g/mol. The number of aliphatic carboxylic acids is 1. The van der Waals surface area contributed by atoms with Crippen molar-refractivity contribution in [2.45, 2.75) is 139 Å². The Kier molecular flexibility index (Phi) is 11.6. The van der Waals surface area contributed by atoms with Gasteiger partial charge in [-0.05, 0) is 118 Å². The highest BCUT2D eigenvalue weighted by atomic mass is 16.7. The number of amides is 1. The average Bonchev–Trinajstić information content (AvgIpc) is 4.13. The second-order valence-electron chi connectivity index (χ2n) is 19.9. The van der Waals surface area contributed by atoms with Crippen LogP contribution in [0.3, 0.4) is 0 Å². The van der Waals surface area contributed by atoms with Crippen molar-refractivity contribution in [1.29, 1.82) is 0 Å². The topological polar surface area (TPSA) is 250 Å². The molecule has 5 aliphatic rings. The Morgan fingerprint density at radius 3 is 2.25 bits per heavy atom. The maximum Gasteiger partial charge on any atom is 0.305 e. The molecule has 4 aromatic rings. The molecule has 4 fully saturated rings. The van der Waals surface area contributed by atoms with Crippen molar-refractivity contribution in [3.8, 4) is 5.75 Å². The van der Waals surface area contributed by atoms with Gasteiger partial charge in [0.2, 0.25) is 0 Å². The number of carbonyl (C=O) groups is 3. The van der Waals surface area contributed by atoms with E-state index in [2.05, 4.69) is 5.32 Å². The molecule has 9 rings (SSSR count). The molecule has 0 bridgehead atoms. The summed E-state index contributed by atoms with van der Waals surface area (Å²) >= 11 is 0. The van der Waals surface area contributed by atoms with Crippen molar-refractivity contribution in [3.63, 3.8) is 0 Å². The van der Waals surface area contributed by atoms with Crippen LogP contribution in [-0.2, 0) is 29.3 Å². The number of nitrogens with one attached hydrogen (secondary N) is 1. The molecule has 4 saturated heterocycles. The molecule has 18 heteroatoms. The number of rotatable bonds is 11. The molecule has 2 aromatic carbocycles. The van der Waals surface area contributed by atoms with Gasteiger partial charge in [0, 0.05) is 52.0 Å². The molecule has 1 amide bonds. The molecule has 13 atom stereocenters. The van der Waals surface area contributed by atoms with Gasteiger partial charge in [-0.15, -0.1) is 0 Å². The summed E-state index contributed by atoms with van der Waals surface area (Å²) in [5, 5.41) is 60.1. The summed E-state index contributed by atoms with van der Waals surface area (Å²) in [5.74, 6) is -4.00. The number of hydrogen-bond donors (Lipinski definition) is 6. The summed E-state index contributed by atoms with van der Waals surface area (Å²) < 4.78 is 32.5. The number of epoxide rings is 2. The summed E-state index contributed by atoms with van der Waals surface area (Å²) in [5.41, 5.74) is -1.28. The van der Waals surface area contributed by atoms with Gasteiger partial charge in [0.25, 0.3) is 5.91 Å². The number of aryl methyl sites for hydroxylation is 1. The Balaban J connectivity index is 1.34. The van der Waals surface area contributed by atoms with Crippen LogP contribution < -0.4 is 10.7 Å². The van der Waals surface area contributed by atoms with E-state index in [1.807, 2.05) is 51.8 Å². The predicted molar refractivity (Wildman–Crippen MR) is 240 cm³/mol. The lowest BCUT2D eigenvalue weighted by molar-refractivity contribution is -0.176. The first-order chi connectivity index (χ1) is 31.5. The fourth-order valence-electron chi connectivity index (χ4n) is 10.9. The predicted octanol–water partition coefficient (Wildman–Crippen LogP) is 3.85. The normalized spacial score (nSPS) is 33.5. The minimum atomic E-state index is -1.34. The van der Waals surface area contributed by atoms with Gasteiger partial charge >= 0.3 is 5.97 Å². The number of likely N-dealkylation sites (N-methyl/N-ethyl adjacent to an activating group) is 2. The highest BCUT2D eigenvalue weighted by molar-refractivity contribution is 6.17. The summed E-state index contributed by atoms with van der Waals surface area (Å²) in [7, 11) is 7.38. The summed E-state index contributed by atoms with van der Waals surface area (Å²) in [4.78, 5) is 58.9. The van der Waals surface area contributed by atoms with E-state index < -0.39 is 88.9 Å². The van der Waals surface area contributed by atoms with E-state index in [9.17, 15) is 40.0 Å². The van der Waals surface area contributed by atoms with Crippen LogP contribution >= 0.6 is 0 Å². The first kappa shape index (κ1) is 46.9. The third kappa shape index (κ3) is 7.47. The molecule has 6 heterocycles. The number of nitrogens with zero attached hydrogens (tertiary/aromatic N) is 3. The fraction of sp³-hybridized carbons (Fsp3) is 0.551. The maximum atomic E-state index is 15.7. The number of aliphatic hydroxyl groups excluding tert-OH is 2. The van der Waals surface area contributed by atoms with Gasteiger partial charge in [0.05, 0.1) is 66.1 Å². The number of hydrogen-bond acceptors (Lipinski definition) is 15. The number of aromatic hydroxyl groups is 1. The molecule has 0 saturated carbocycles. The van der Waals surface area contributed by atoms with Gasteiger partial charge in [-0.1, -0.05) is 0 Å². The van der Waals surface area contributed by atoms with Crippen LogP contribution in [0.4, 0.5) is 0 Å². The number of phenols is 1. The molecule has 0 spiro atoms. The highest BCUT2D eigenvalue weighted by Gasteiger charge is 2.66. The van der Waals surface area contributed by atoms with Crippen LogP contribution in [-0.4, -0.2) is 147 Å². The minimum absolute atomic E-state index is 0.00549. The summed E-state index contributed by atoms with van der Waals surface area (Å²) in [6, 6.07) is 7.06. The van der Waals surface area contributed by atoms with E-state index in [4.69, 9.17) is 23.4 Å². The Morgan fingerprint density at radius 2 is 1.61 bits per heavy atom. The molecular weight excluding hydrogens is 869 g/mol. The number of ether oxygens (including phenoxy) is 4. The molecule has 4 aliphatic heterocycles. The Bertz CT molecular complexity index is 2760. The first-order valence-electron chi connectivity index (χ1n) is 22.8. The largest absolute Gasteiger partial charge is 0.507 e. The summed E-state index contributed by atoms with van der Waals surface area (Å²) in [6.45, 7) is 10.6. The number of aliphatic hydroxyl groups is 2. The zero-order chi connectivity index (χ0) is 48.5. The van der Waals surface area contributed by atoms with Crippen LogP contribution in [0.2, 0.25) is 0 Å². The molecule has 0 radical (unpaired) electrons. The Labute approximate surface area is 386 Å². The van der Waals surface area contributed by atoms with Crippen molar-refractivity contribution in [1.82, 2.24) is 19.8 Å². The number of ketones is 1. The molecular formula is C49H60N4O14.